The summed E-state index contributed by atoms with van der Waals surface area (Å²) in [6.45, 7) is 0.784. The second-order valence-corrected chi connectivity index (χ2v) is 4.41. The van der Waals surface area contributed by atoms with Gasteiger partial charge in [-0.05, 0) is 24.1 Å². The van der Waals surface area contributed by atoms with E-state index in [9.17, 15) is 0 Å². The summed E-state index contributed by atoms with van der Waals surface area (Å²) < 4.78 is 5.58. The highest BCUT2D eigenvalue weighted by Crippen LogP contribution is 2.20. The van der Waals surface area contributed by atoms with Crippen molar-refractivity contribution in [1.82, 2.24) is 4.98 Å². The number of oxazole rings is 1. The molecule has 0 unspecified atom stereocenters. The van der Waals surface area contributed by atoms with E-state index in [1.807, 2.05) is 30.3 Å². The fourth-order valence-corrected chi connectivity index (χ4v) is 1.98. The standard InChI is InChI=1S/C15H15N3O/c16-12-6-7-13-14(10-12)19-15(18-13)17-9-8-11-4-2-1-3-5-11/h1-7,10H,8-9,16H2,(H,17,18). The minimum absolute atomic E-state index is 0.538. The van der Waals surface area contributed by atoms with Gasteiger partial charge in [0.05, 0.1) is 0 Å². The summed E-state index contributed by atoms with van der Waals surface area (Å²) in [5.41, 5.74) is 9.20. The van der Waals surface area contributed by atoms with Crippen LogP contribution in [-0.4, -0.2) is 11.5 Å². The van der Waals surface area contributed by atoms with Gasteiger partial charge in [-0.25, -0.2) is 0 Å². The molecule has 4 heteroatoms. The third-order valence-electron chi connectivity index (χ3n) is 2.95. The molecule has 0 spiro atoms. The number of nitrogen functional groups attached to an aromatic ring is 1. The van der Waals surface area contributed by atoms with Gasteiger partial charge in [0.15, 0.2) is 5.58 Å². The minimum Gasteiger partial charge on any atom is -0.423 e. The Morgan fingerprint density at radius 1 is 1.11 bits per heavy atom. The lowest BCUT2D eigenvalue weighted by molar-refractivity contribution is 0.614. The molecule has 0 aliphatic heterocycles. The number of nitrogens with zero attached hydrogens (tertiary/aromatic N) is 1. The van der Waals surface area contributed by atoms with Crippen molar-refractivity contribution in [3.8, 4) is 0 Å². The van der Waals surface area contributed by atoms with E-state index >= 15 is 0 Å². The molecule has 2 aromatic carbocycles. The predicted octanol–water partition coefficient (Wildman–Crippen LogP) is 3.06. The van der Waals surface area contributed by atoms with E-state index in [2.05, 4.69) is 22.4 Å². The van der Waals surface area contributed by atoms with E-state index in [0.717, 1.165) is 18.5 Å². The fraction of sp³-hybridized carbons (Fsp3) is 0.133. The molecule has 0 aliphatic carbocycles. The highest BCUT2D eigenvalue weighted by molar-refractivity contribution is 5.78. The van der Waals surface area contributed by atoms with Crippen LogP contribution in [0.25, 0.3) is 11.1 Å². The topological polar surface area (TPSA) is 64.1 Å². The number of anilines is 2. The molecular weight excluding hydrogens is 238 g/mol. The molecule has 0 fully saturated rings. The van der Waals surface area contributed by atoms with Crippen LogP contribution in [0.15, 0.2) is 52.9 Å². The molecule has 0 saturated heterocycles. The normalized spacial score (nSPS) is 10.7. The monoisotopic (exact) mass is 253 g/mol. The van der Waals surface area contributed by atoms with E-state index < -0.39 is 0 Å². The van der Waals surface area contributed by atoms with Crippen LogP contribution in [0.3, 0.4) is 0 Å². The lowest BCUT2D eigenvalue weighted by Gasteiger charge is -2.01. The van der Waals surface area contributed by atoms with Crippen molar-refractivity contribution in [1.29, 1.82) is 0 Å². The first-order valence-electron chi connectivity index (χ1n) is 6.25. The Morgan fingerprint density at radius 2 is 1.95 bits per heavy atom. The Labute approximate surface area is 111 Å². The quantitative estimate of drug-likeness (QED) is 0.701. The fourth-order valence-electron chi connectivity index (χ4n) is 1.98. The summed E-state index contributed by atoms with van der Waals surface area (Å²) in [7, 11) is 0. The van der Waals surface area contributed by atoms with E-state index in [0.29, 0.717) is 17.3 Å². The molecule has 0 saturated carbocycles. The molecule has 1 aromatic heterocycles. The van der Waals surface area contributed by atoms with Gasteiger partial charge >= 0.3 is 0 Å². The zero-order valence-corrected chi connectivity index (χ0v) is 10.5. The van der Waals surface area contributed by atoms with Gasteiger partial charge in [-0.3, -0.25) is 0 Å². The van der Waals surface area contributed by atoms with Crippen molar-refractivity contribution >= 4 is 22.8 Å². The molecule has 0 amide bonds. The summed E-state index contributed by atoms with van der Waals surface area (Å²) >= 11 is 0. The smallest absolute Gasteiger partial charge is 0.295 e. The van der Waals surface area contributed by atoms with Gasteiger partial charge in [0, 0.05) is 18.3 Å². The third kappa shape index (κ3) is 2.68. The lowest BCUT2D eigenvalue weighted by Crippen LogP contribution is -2.04. The first kappa shape index (κ1) is 11.6. The predicted molar refractivity (Wildman–Crippen MR) is 77.1 cm³/mol. The van der Waals surface area contributed by atoms with Crippen molar-refractivity contribution in [2.45, 2.75) is 6.42 Å². The first-order valence-corrected chi connectivity index (χ1v) is 6.25. The molecule has 96 valence electrons. The molecule has 0 radical (unpaired) electrons. The van der Waals surface area contributed by atoms with E-state index in [-0.39, 0.29) is 0 Å². The van der Waals surface area contributed by atoms with Gasteiger partial charge in [0.25, 0.3) is 6.01 Å². The largest absolute Gasteiger partial charge is 0.423 e. The third-order valence-corrected chi connectivity index (χ3v) is 2.95. The minimum atomic E-state index is 0.538. The van der Waals surface area contributed by atoms with Crippen molar-refractivity contribution in [3.05, 3.63) is 54.1 Å². The number of benzene rings is 2. The number of fused-ring (bicyclic) bond motifs is 1. The summed E-state index contributed by atoms with van der Waals surface area (Å²) in [6.07, 6.45) is 0.932. The van der Waals surface area contributed by atoms with Crippen LogP contribution in [0.2, 0.25) is 0 Å². The van der Waals surface area contributed by atoms with Gasteiger partial charge in [0.1, 0.15) is 5.52 Å². The van der Waals surface area contributed by atoms with Crippen LogP contribution in [0, 0.1) is 0 Å². The Bertz CT molecular complexity index is 676. The van der Waals surface area contributed by atoms with Gasteiger partial charge in [-0.2, -0.15) is 4.98 Å². The molecule has 0 aliphatic rings. The van der Waals surface area contributed by atoms with Gasteiger partial charge < -0.3 is 15.5 Å². The van der Waals surface area contributed by atoms with E-state index in [1.165, 1.54) is 5.56 Å². The van der Waals surface area contributed by atoms with Crippen LogP contribution in [0.4, 0.5) is 11.7 Å². The second-order valence-electron chi connectivity index (χ2n) is 4.41. The Morgan fingerprint density at radius 3 is 2.79 bits per heavy atom. The van der Waals surface area contributed by atoms with Crippen LogP contribution < -0.4 is 11.1 Å². The average Bonchev–Trinajstić information content (AvgIpc) is 2.82. The Kier molecular flexibility index (Phi) is 3.06. The molecule has 0 bridgehead atoms. The van der Waals surface area contributed by atoms with Gasteiger partial charge in [-0.1, -0.05) is 30.3 Å². The van der Waals surface area contributed by atoms with Crippen LogP contribution >= 0.6 is 0 Å². The number of hydrogen-bond donors (Lipinski definition) is 2. The van der Waals surface area contributed by atoms with Crippen molar-refractivity contribution < 1.29 is 4.42 Å². The molecule has 4 nitrogen and oxygen atoms in total. The number of hydrogen-bond acceptors (Lipinski definition) is 4. The highest BCUT2D eigenvalue weighted by atomic mass is 16.4. The maximum absolute atomic E-state index is 5.70. The number of aromatic nitrogens is 1. The molecular formula is C15H15N3O. The van der Waals surface area contributed by atoms with Crippen LogP contribution in [0.5, 0.6) is 0 Å². The number of nitrogens with one attached hydrogen (secondary N) is 1. The van der Waals surface area contributed by atoms with Gasteiger partial charge in [-0.15, -0.1) is 0 Å². The number of nitrogens with two attached hydrogens (primary N) is 1. The molecule has 0 atom stereocenters. The lowest BCUT2D eigenvalue weighted by atomic mass is 10.1. The van der Waals surface area contributed by atoms with Crippen molar-refractivity contribution in [2.75, 3.05) is 17.6 Å². The summed E-state index contributed by atoms with van der Waals surface area (Å²) in [4.78, 5) is 4.35. The van der Waals surface area contributed by atoms with Crippen molar-refractivity contribution in [3.63, 3.8) is 0 Å². The summed E-state index contributed by atoms with van der Waals surface area (Å²) in [5.74, 6) is 0. The van der Waals surface area contributed by atoms with Crippen molar-refractivity contribution in [2.24, 2.45) is 0 Å². The molecule has 3 N–H and O–H groups in total. The molecule has 19 heavy (non-hydrogen) atoms. The summed E-state index contributed by atoms with van der Waals surface area (Å²) in [5, 5.41) is 3.18. The highest BCUT2D eigenvalue weighted by Gasteiger charge is 2.05. The molecule has 3 aromatic rings. The number of rotatable bonds is 4. The molecule has 3 rings (SSSR count). The maximum atomic E-state index is 5.70. The maximum Gasteiger partial charge on any atom is 0.295 e. The van der Waals surface area contributed by atoms with E-state index in [4.69, 9.17) is 10.2 Å². The first-order chi connectivity index (χ1) is 9.31. The van der Waals surface area contributed by atoms with Gasteiger partial charge in [0.2, 0.25) is 0 Å². The SMILES string of the molecule is Nc1ccc2nc(NCCc3ccccc3)oc2c1. The summed E-state index contributed by atoms with van der Waals surface area (Å²) in [6, 6.07) is 16.3. The zero-order valence-electron chi connectivity index (χ0n) is 10.5. The van der Waals surface area contributed by atoms with E-state index in [1.54, 1.807) is 6.07 Å². The zero-order chi connectivity index (χ0) is 13.1. The Hall–Kier alpha value is -2.49. The Balaban J connectivity index is 1.65. The van der Waals surface area contributed by atoms with Crippen LogP contribution in [0.1, 0.15) is 5.56 Å². The average molecular weight is 253 g/mol. The van der Waals surface area contributed by atoms with Crippen LogP contribution in [-0.2, 0) is 6.42 Å². The molecule has 1 heterocycles. The second kappa shape index (κ2) is 5.02.